The van der Waals surface area contributed by atoms with Gasteiger partial charge < -0.3 is 10.3 Å². The fraction of sp³-hybridized carbons (Fsp3) is 0.520. The zero-order valence-corrected chi connectivity index (χ0v) is 23.5. The van der Waals surface area contributed by atoms with Crippen LogP contribution < -0.4 is 5.73 Å². The molecule has 32 heavy (non-hydrogen) atoms. The summed E-state index contributed by atoms with van der Waals surface area (Å²) in [6.07, 6.45) is 0. The van der Waals surface area contributed by atoms with Crippen molar-refractivity contribution in [3.05, 3.63) is 54.6 Å². The molecule has 4 nitrogen and oxygen atoms in total. The summed E-state index contributed by atoms with van der Waals surface area (Å²) in [5.74, 6) is 0. The van der Waals surface area contributed by atoms with Crippen molar-refractivity contribution in [1.82, 2.24) is 0 Å². The van der Waals surface area contributed by atoms with Gasteiger partial charge >= 0.3 is 0 Å². The number of hydrogen-bond acceptors (Lipinski definition) is 2. The molecule has 3 N–H and O–H groups in total. The molecular formula is C25H42NO3PPdS. The van der Waals surface area contributed by atoms with Crippen LogP contribution in [0.4, 0.5) is 5.69 Å². The van der Waals surface area contributed by atoms with Gasteiger partial charge in [0.05, 0.1) is 0 Å². The molecule has 0 aliphatic carbocycles. The summed E-state index contributed by atoms with van der Waals surface area (Å²) in [4.78, 5) is 0. The van der Waals surface area contributed by atoms with Gasteiger partial charge in [-0.25, -0.2) is 4.21 Å². The number of hydrogen-bond donors (Lipinski definition) is 1. The third kappa shape index (κ3) is 14.7. The molecular weight excluding hydrogens is 532 g/mol. The summed E-state index contributed by atoms with van der Waals surface area (Å²) in [5, 5.41) is 1.35. The van der Waals surface area contributed by atoms with Crippen LogP contribution in [0.25, 0.3) is 11.1 Å². The summed E-state index contributed by atoms with van der Waals surface area (Å²) < 4.78 is 25.3. The molecule has 0 amide bonds. The maximum absolute atomic E-state index is 8.44. The molecule has 0 unspecified atom stereocenters. The van der Waals surface area contributed by atoms with Crippen LogP contribution in [0.5, 0.6) is 0 Å². The van der Waals surface area contributed by atoms with Crippen molar-refractivity contribution >= 4 is 25.0 Å². The van der Waals surface area contributed by atoms with Crippen LogP contribution in [0.3, 0.4) is 0 Å². The van der Waals surface area contributed by atoms with Crippen LogP contribution in [-0.4, -0.2) is 24.2 Å². The zero-order valence-electron chi connectivity index (χ0n) is 20.2. The number of rotatable bonds is 1. The molecule has 0 fully saturated rings. The molecule has 2 aromatic rings. The predicted octanol–water partition coefficient (Wildman–Crippen LogP) is 6.74. The van der Waals surface area contributed by atoms with Crippen molar-refractivity contribution in [2.24, 2.45) is 0 Å². The van der Waals surface area contributed by atoms with Crippen molar-refractivity contribution < 1.29 is 39.5 Å². The molecule has 0 saturated heterocycles. The maximum Gasteiger partial charge on any atom is 0.135 e. The third-order valence-corrected chi connectivity index (χ3v) is 8.05. The van der Waals surface area contributed by atoms with Gasteiger partial charge in [0.2, 0.25) is 0 Å². The van der Waals surface area contributed by atoms with Gasteiger partial charge in [-0.2, -0.15) is 0 Å². The molecule has 0 heterocycles. The van der Waals surface area contributed by atoms with Crippen LogP contribution in [0.2, 0.25) is 0 Å². The Hall–Kier alpha value is -0.438. The van der Waals surface area contributed by atoms with E-state index in [1.54, 1.807) is 0 Å². The maximum atomic E-state index is 8.44. The Balaban J connectivity index is -0.000000428. The van der Waals surface area contributed by atoms with Gasteiger partial charge in [0.15, 0.2) is 0 Å². The Morgan fingerprint density at radius 3 is 1.50 bits per heavy atom. The van der Waals surface area contributed by atoms with Gasteiger partial charge in [-0.1, -0.05) is 114 Å². The van der Waals surface area contributed by atoms with E-state index in [-0.39, 0.29) is 35.8 Å². The van der Waals surface area contributed by atoms with Gasteiger partial charge in [0.1, 0.15) is 17.0 Å². The predicted molar refractivity (Wildman–Crippen MR) is 136 cm³/mol. The van der Waals surface area contributed by atoms with Crippen LogP contribution in [-0.2, 0) is 36.3 Å². The number of quaternary nitrogens is 1. The van der Waals surface area contributed by atoms with Crippen LogP contribution in [0.15, 0.2) is 48.5 Å². The molecule has 186 valence electrons. The average molecular weight is 574 g/mol. The minimum Gasteiger partial charge on any atom is -0.747 e. The first-order valence-electron chi connectivity index (χ1n) is 9.93. The van der Waals surface area contributed by atoms with E-state index in [1.165, 1.54) is 0 Å². The van der Waals surface area contributed by atoms with Crippen LogP contribution in [0.1, 0.15) is 69.7 Å². The van der Waals surface area contributed by atoms with E-state index >= 15 is 0 Å². The minimum atomic E-state index is -3.11. The van der Waals surface area contributed by atoms with Gasteiger partial charge in [-0.05, 0) is 39.2 Å². The molecule has 0 saturated carbocycles. The number of benzene rings is 2. The Morgan fingerprint density at radius 1 is 0.844 bits per heavy atom. The van der Waals surface area contributed by atoms with E-state index in [0.717, 1.165) is 16.8 Å². The Bertz CT molecular complexity index is 745. The summed E-state index contributed by atoms with van der Waals surface area (Å²) in [7, 11) is 0.0162. The summed E-state index contributed by atoms with van der Waals surface area (Å²) in [6.45, 7) is 21.5. The normalized spacial score (nSPS) is 12.2. The molecule has 0 aromatic heterocycles. The Kier molecular flexibility index (Phi) is 17.5. The average Bonchev–Trinajstić information content (AvgIpc) is 2.51. The summed E-state index contributed by atoms with van der Waals surface area (Å²) in [5.41, 5.74) is 7.28. The van der Waals surface area contributed by atoms with Gasteiger partial charge in [-0.15, -0.1) is 4.55 Å². The minimum absolute atomic E-state index is 0. The second-order valence-corrected chi connectivity index (χ2v) is 15.1. The topological polar surface area (TPSA) is 87.7 Å². The van der Waals surface area contributed by atoms with Gasteiger partial charge in [0, 0.05) is 26.0 Å². The van der Waals surface area contributed by atoms with Gasteiger partial charge in [0.25, 0.3) is 0 Å². The van der Waals surface area contributed by atoms with E-state index in [0.29, 0.717) is 15.5 Å². The van der Waals surface area contributed by atoms with Crippen molar-refractivity contribution in [3.8, 4) is 11.1 Å². The second-order valence-electron chi connectivity index (χ2n) is 9.99. The molecule has 0 aliphatic heterocycles. The quantitative estimate of drug-likeness (QED) is 0.233. The second kappa shape index (κ2) is 15.5. The Labute approximate surface area is 214 Å². The monoisotopic (exact) mass is 573 g/mol. The van der Waals surface area contributed by atoms with E-state index in [1.807, 2.05) is 42.5 Å². The standard InChI is InChI=1S/C12H10N.C12H27P.CH4.HO3S.Pd/c13-12-9-5-4-8-11(12)10-6-2-1-3-7-10;1-10(2,3)13(11(4,5)6)12(7,8)9;;1-4(2)3;/h1-6,8-9H,13H2;1-9H3;1H4;(H,1,2);. The molecule has 0 aliphatic rings. The van der Waals surface area contributed by atoms with E-state index in [2.05, 4.69) is 80.2 Å². The molecule has 0 atom stereocenters. The molecule has 2 radical (unpaired) electrons. The van der Waals surface area contributed by atoms with E-state index < -0.39 is 11.4 Å². The van der Waals surface area contributed by atoms with E-state index in [4.69, 9.17) is 13.3 Å². The molecule has 7 heteroatoms. The SMILES string of the molecule is C.CC(C)(C)P(C(C)(C)C)C(C)(C)C.[NH3+]c1ccccc1-c1[c]cccc1.[O]S(=O)[O-].[Pd]. The summed E-state index contributed by atoms with van der Waals surface area (Å²) in [6, 6.07) is 19.2. The first-order chi connectivity index (χ1) is 13.5. The van der Waals surface area contributed by atoms with Crippen molar-refractivity contribution in [1.29, 1.82) is 0 Å². The fourth-order valence-electron chi connectivity index (χ4n) is 4.36. The molecule has 0 spiro atoms. The third-order valence-electron chi connectivity index (χ3n) is 4.03. The van der Waals surface area contributed by atoms with E-state index in [9.17, 15) is 0 Å². The van der Waals surface area contributed by atoms with Crippen LogP contribution >= 0.6 is 7.92 Å². The first-order valence-corrected chi connectivity index (χ1v) is 12.3. The smallest absolute Gasteiger partial charge is 0.135 e. The Morgan fingerprint density at radius 2 is 1.22 bits per heavy atom. The molecule has 2 rings (SSSR count). The largest absolute Gasteiger partial charge is 0.747 e. The van der Waals surface area contributed by atoms with Crippen molar-refractivity contribution in [3.63, 3.8) is 0 Å². The molecule has 2 aromatic carbocycles. The van der Waals surface area contributed by atoms with Gasteiger partial charge in [-0.3, -0.25) is 0 Å². The molecule has 0 bridgehead atoms. The van der Waals surface area contributed by atoms with Crippen LogP contribution in [0, 0.1) is 6.07 Å². The summed E-state index contributed by atoms with van der Waals surface area (Å²) >= 11 is -3.11. The first kappa shape index (κ1) is 36.1. The fourth-order valence-corrected chi connectivity index (χ4v) is 10.4. The van der Waals surface area contributed by atoms with Crippen molar-refractivity contribution in [2.45, 2.75) is 85.2 Å². The zero-order chi connectivity index (χ0) is 23.8. The van der Waals surface area contributed by atoms with Crippen molar-refractivity contribution in [2.75, 3.05) is 0 Å².